The fraction of sp³-hybridized carbons (Fsp3) is 0.938. The molecule has 0 aromatic heterocycles. The highest BCUT2D eigenvalue weighted by molar-refractivity contribution is 5.79. The largest absolute Gasteiger partial charge is 0.381 e. The third-order valence-corrected chi connectivity index (χ3v) is 4.75. The van der Waals surface area contributed by atoms with E-state index in [1.807, 2.05) is 14.0 Å². The van der Waals surface area contributed by atoms with E-state index in [9.17, 15) is 0 Å². The van der Waals surface area contributed by atoms with Gasteiger partial charge in [0.25, 0.3) is 0 Å². The smallest absolute Gasteiger partial charge is 0.191 e. The Morgan fingerprint density at radius 2 is 1.95 bits per heavy atom. The summed E-state index contributed by atoms with van der Waals surface area (Å²) in [6.07, 6.45) is 4.86. The lowest BCUT2D eigenvalue weighted by molar-refractivity contribution is -0.0164. The minimum Gasteiger partial charge on any atom is -0.381 e. The standard InChI is InChI=1S/C16H32N4O2/c1-3-21-13-8-18-15(17-2)19-14-16(6-11-22-12-7-16)20-9-4-5-10-20/h3-14H2,1-2H3,(H2,17,18,19). The van der Waals surface area contributed by atoms with Crippen LogP contribution in [0.3, 0.4) is 0 Å². The molecule has 2 aliphatic heterocycles. The lowest BCUT2D eigenvalue weighted by Gasteiger charge is -2.45. The number of hydrogen-bond acceptors (Lipinski definition) is 4. The molecule has 0 spiro atoms. The molecule has 0 radical (unpaired) electrons. The summed E-state index contributed by atoms with van der Waals surface area (Å²) in [4.78, 5) is 6.98. The van der Waals surface area contributed by atoms with Crippen molar-refractivity contribution in [2.45, 2.75) is 38.1 Å². The second-order valence-electron chi connectivity index (χ2n) is 6.08. The molecule has 128 valence electrons. The molecule has 0 aromatic carbocycles. The molecule has 0 saturated carbocycles. The molecule has 2 heterocycles. The van der Waals surface area contributed by atoms with Crippen molar-refractivity contribution in [2.75, 3.05) is 59.7 Å². The molecule has 2 rings (SSSR count). The highest BCUT2D eigenvalue weighted by Crippen LogP contribution is 2.30. The molecular formula is C16H32N4O2. The zero-order valence-electron chi connectivity index (χ0n) is 14.2. The molecule has 0 atom stereocenters. The Labute approximate surface area is 134 Å². The zero-order valence-corrected chi connectivity index (χ0v) is 14.2. The Morgan fingerprint density at radius 3 is 2.59 bits per heavy atom. The molecule has 2 fully saturated rings. The van der Waals surface area contributed by atoms with Crippen molar-refractivity contribution in [3.63, 3.8) is 0 Å². The first kappa shape index (κ1) is 17.5. The zero-order chi connectivity index (χ0) is 15.7. The number of nitrogens with zero attached hydrogens (tertiary/aromatic N) is 2. The van der Waals surface area contributed by atoms with E-state index in [1.165, 1.54) is 25.9 Å². The van der Waals surface area contributed by atoms with Gasteiger partial charge in [-0.3, -0.25) is 9.89 Å². The Kier molecular flexibility index (Phi) is 7.42. The van der Waals surface area contributed by atoms with Gasteiger partial charge in [-0.2, -0.15) is 0 Å². The summed E-state index contributed by atoms with van der Waals surface area (Å²) >= 11 is 0. The van der Waals surface area contributed by atoms with Gasteiger partial charge in [0.1, 0.15) is 0 Å². The van der Waals surface area contributed by atoms with E-state index in [0.29, 0.717) is 6.61 Å². The fourth-order valence-corrected chi connectivity index (χ4v) is 3.40. The maximum absolute atomic E-state index is 5.59. The summed E-state index contributed by atoms with van der Waals surface area (Å²) in [6, 6.07) is 0. The van der Waals surface area contributed by atoms with E-state index in [2.05, 4.69) is 20.5 Å². The average Bonchev–Trinajstić information content (AvgIpc) is 3.10. The summed E-state index contributed by atoms with van der Waals surface area (Å²) in [7, 11) is 1.82. The second kappa shape index (κ2) is 9.33. The molecule has 2 N–H and O–H groups in total. The van der Waals surface area contributed by atoms with Crippen molar-refractivity contribution in [3.8, 4) is 0 Å². The topological polar surface area (TPSA) is 58.1 Å². The first-order valence-electron chi connectivity index (χ1n) is 8.66. The molecule has 0 bridgehead atoms. The number of nitrogens with one attached hydrogen (secondary N) is 2. The maximum Gasteiger partial charge on any atom is 0.191 e. The quantitative estimate of drug-likeness (QED) is 0.414. The summed E-state index contributed by atoms with van der Waals surface area (Å²) < 4.78 is 10.9. The lowest BCUT2D eigenvalue weighted by atomic mass is 9.88. The van der Waals surface area contributed by atoms with Gasteiger partial charge in [0.15, 0.2) is 5.96 Å². The second-order valence-corrected chi connectivity index (χ2v) is 6.08. The van der Waals surface area contributed by atoms with Gasteiger partial charge in [0.05, 0.1) is 6.61 Å². The minimum atomic E-state index is 0.228. The summed E-state index contributed by atoms with van der Waals surface area (Å²) in [5, 5.41) is 6.84. The van der Waals surface area contributed by atoms with Crippen LogP contribution in [-0.2, 0) is 9.47 Å². The Balaban J connectivity index is 1.84. The van der Waals surface area contributed by atoms with Gasteiger partial charge in [-0.05, 0) is 45.7 Å². The lowest BCUT2D eigenvalue weighted by Crippen LogP contribution is -2.58. The molecule has 6 heteroatoms. The van der Waals surface area contributed by atoms with E-state index < -0.39 is 0 Å². The highest BCUT2D eigenvalue weighted by atomic mass is 16.5. The van der Waals surface area contributed by atoms with Gasteiger partial charge in [-0.1, -0.05) is 0 Å². The number of rotatable bonds is 7. The molecule has 2 aliphatic rings. The summed E-state index contributed by atoms with van der Waals surface area (Å²) in [5.41, 5.74) is 0.228. The van der Waals surface area contributed by atoms with Crippen molar-refractivity contribution in [2.24, 2.45) is 4.99 Å². The molecule has 6 nitrogen and oxygen atoms in total. The monoisotopic (exact) mass is 312 g/mol. The van der Waals surface area contributed by atoms with Crippen molar-refractivity contribution in [1.29, 1.82) is 0 Å². The van der Waals surface area contributed by atoms with Crippen molar-refractivity contribution >= 4 is 5.96 Å². The average molecular weight is 312 g/mol. The van der Waals surface area contributed by atoms with Crippen LogP contribution in [0.5, 0.6) is 0 Å². The predicted molar refractivity (Wildman–Crippen MR) is 89.4 cm³/mol. The van der Waals surface area contributed by atoms with E-state index >= 15 is 0 Å². The molecule has 0 unspecified atom stereocenters. The summed E-state index contributed by atoms with van der Waals surface area (Å²) in [6.45, 7) is 9.38. The van der Waals surface area contributed by atoms with Gasteiger partial charge in [0, 0.05) is 45.5 Å². The van der Waals surface area contributed by atoms with Gasteiger partial charge < -0.3 is 20.1 Å². The summed E-state index contributed by atoms with van der Waals surface area (Å²) in [5.74, 6) is 0.866. The van der Waals surface area contributed by atoms with Crippen molar-refractivity contribution in [3.05, 3.63) is 0 Å². The molecule has 0 aliphatic carbocycles. The van der Waals surface area contributed by atoms with Crippen LogP contribution in [0.4, 0.5) is 0 Å². The van der Waals surface area contributed by atoms with Crippen LogP contribution in [0.25, 0.3) is 0 Å². The Hall–Kier alpha value is -0.850. The van der Waals surface area contributed by atoms with Gasteiger partial charge in [-0.15, -0.1) is 0 Å². The SMILES string of the molecule is CCOCCNC(=NC)NCC1(N2CCCC2)CCOCC1. The van der Waals surface area contributed by atoms with Crippen LogP contribution in [-0.4, -0.2) is 76.1 Å². The van der Waals surface area contributed by atoms with Crippen LogP contribution in [0.15, 0.2) is 4.99 Å². The van der Waals surface area contributed by atoms with E-state index in [4.69, 9.17) is 9.47 Å². The van der Waals surface area contributed by atoms with Gasteiger partial charge in [0.2, 0.25) is 0 Å². The van der Waals surface area contributed by atoms with Crippen LogP contribution in [0.1, 0.15) is 32.6 Å². The highest BCUT2D eigenvalue weighted by Gasteiger charge is 2.39. The number of aliphatic imine (C=N–C) groups is 1. The molecule has 22 heavy (non-hydrogen) atoms. The van der Waals surface area contributed by atoms with Crippen LogP contribution in [0.2, 0.25) is 0 Å². The normalized spacial score (nSPS) is 22.7. The van der Waals surface area contributed by atoms with E-state index in [1.54, 1.807) is 0 Å². The number of ether oxygens (including phenoxy) is 2. The van der Waals surface area contributed by atoms with Crippen molar-refractivity contribution < 1.29 is 9.47 Å². The minimum absolute atomic E-state index is 0.228. The predicted octanol–water partition coefficient (Wildman–Crippen LogP) is 0.833. The van der Waals surface area contributed by atoms with E-state index in [-0.39, 0.29) is 5.54 Å². The van der Waals surface area contributed by atoms with Gasteiger partial charge in [-0.25, -0.2) is 0 Å². The fourth-order valence-electron chi connectivity index (χ4n) is 3.40. The molecule has 0 amide bonds. The van der Waals surface area contributed by atoms with Crippen molar-refractivity contribution in [1.82, 2.24) is 15.5 Å². The third-order valence-electron chi connectivity index (χ3n) is 4.75. The number of hydrogen-bond donors (Lipinski definition) is 2. The van der Waals surface area contributed by atoms with Gasteiger partial charge >= 0.3 is 0 Å². The van der Waals surface area contributed by atoms with E-state index in [0.717, 1.165) is 51.7 Å². The Bertz CT molecular complexity index is 337. The first-order chi connectivity index (χ1) is 10.8. The number of likely N-dealkylation sites (tertiary alicyclic amines) is 1. The molecule has 2 saturated heterocycles. The molecule has 0 aromatic rings. The van der Waals surface area contributed by atoms with Crippen LogP contribution < -0.4 is 10.6 Å². The Morgan fingerprint density at radius 1 is 1.23 bits per heavy atom. The van der Waals surface area contributed by atoms with Crippen LogP contribution >= 0.6 is 0 Å². The van der Waals surface area contributed by atoms with Crippen LogP contribution in [0, 0.1) is 0 Å². The third kappa shape index (κ3) is 4.83. The number of guanidine groups is 1. The maximum atomic E-state index is 5.59. The molecular weight excluding hydrogens is 280 g/mol. The first-order valence-corrected chi connectivity index (χ1v) is 8.66.